The molecule has 2 rings (SSSR count). The van der Waals surface area contributed by atoms with Crippen molar-refractivity contribution in [1.29, 1.82) is 0 Å². The summed E-state index contributed by atoms with van der Waals surface area (Å²) in [6.07, 6.45) is 6.31. The zero-order valence-corrected chi connectivity index (χ0v) is 12.1. The third-order valence-corrected chi connectivity index (χ3v) is 4.27. The van der Waals surface area contributed by atoms with Crippen LogP contribution in [-0.2, 0) is 11.3 Å². The highest BCUT2D eigenvalue weighted by molar-refractivity contribution is 7.99. The Labute approximate surface area is 118 Å². The number of carbonyl (C=O) groups is 1. The Kier molecular flexibility index (Phi) is 5.27. The molecule has 0 saturated carbocycles. The van der Waals surface area contributed by atoms with Crippen molar-refractivity contribution in [3.63, 3.8) is 0 Å². The van der Waals surface area contributed by atoms with E-state index in [2.05, 4.69) is 21.4 Å². The molecule has 1 saturated heterocycles. The first-order valence-corrected chi connectivity index (χ1v) is 7.72. The van der Waals surface area contributed by atoms with Crippen LogP contribution in [0.15, 0.2) is 17.6 Å². The number of aliphatic carboxylic acids is 1. The first-order valence-electron chi connectivity index (χ1n) is 6.73. The Balaban J connectivity index is 1.83. The fourth-order valence-corrected chi connectivity index (χ4v) is 3.19. The summed E-state index contributed by atoms with van der Waals surface area (Å²) in [5.74, 6) is -0.182. The molecule has 1 aromatic heterocycles. The molecule has 106 valence electrons. The predicted octanol–water partition coefficient (Wildman–Crippen LogP) is 1.79. The van der Waals surface area contributed by atoms with Gasteiger partial charge in [0.2, 0.25) is 0 Å². The molecule has 0 spiro atoms. The summed E-state index contributed by atoms with van der Waals surface area (Å²) in [5, 5.41) is 9.51. The molecule has 6 heteroatoms. The maximum Gasteiger partial charge on any atom is 0.313 e. The van der Waals surface area contributed by atoms with Gasteiger partial charge in [-0.15, -0.1) is 0 Å². The van der Waals surface area contributed by atoms with E-state index in [4.69, 9.17) is 5.11 Å². The minimum Gasteiger partial charge on any atom is -0.481 e. The molecule has 0 aromatic carbocycles. The van der Waals surface area contributed by atoms with E-state index in [1.165, 1.54) is 37.7 Å². The van der Waals surface area contributed by atoms with Crippen molar-refractivity contribution >= 4 is 17.7 Å². The zero-order chi connectivity index (χ0) is 13.7. The van der Waals surface area contributed by atoms with Crippen LogP contribution in [0.3, 0.4) is 0 Å². The minimum atomic E-state index is -0.801. The smallest absolute Gasteiger partial charge is 0.313 e. The van der Waals surface area contributed by atoms with E-state index in [0.29, 0.717) is 5.92 Å². The van der Waals surface area contributed by atoms with Crippen LogP contribution in [0.5, 0.6) is 0 Å². The molecule has 0 radical (unpaired) electrons. The van der Waals surface area contributed by atoms with E-state index in [-0.39, 0.29) is 5.75 Å². The normalized spacial score (nSPS) is 17.7. The number of carboxylic acid groups (broad SMARTS) is 1. The Bertz CT molecular complexity index is 416. The van der Waals surface area contributed by atoms with E-state index in [0.717, 1.165) is 18.2 Å². The topological polar surface area (TPSA) is 58.4 Å². The summed E-state index contributed by atoms with van der Waals surface area (Å²) in [6.45, 7) is 6.69. The van der Waals surface area contributed by atoms with Crippen LogP contribution in [0, 0.1) is 5.92 Å². The maximum atomic E-state index is 10.6. The molecular weight excluding hydrogens is 262 g/mol. The van der Waals surface area contributed by atoms with Gasteiger partial charge in [0, 0.05) is 25.5 Å². The van der Waals surface area contributed by atoms with Crippen LogP contribution < -0.4 is 0 Å². The standard InChI is InChI=1S/C13H21N3O2S/c1-11(8-15-5-2-3-6-15)9-16-7-4-14-13(16)19-10-12(17)18/h4,7,11H,2-3,5-6,8-10H2,1H3,(H,17,18). The fraction of sp³-hybridized carbons (Fsp3) is 0.692. The third kappa shape index (κ3) is 4.54. The van der Waals surface area contributed by atoms with E-state index >= 15 is 0 Å². The van der Waals surface area contributed by atoms with Gasteiger partial charge in [-0.05, 0) is 31.8 Å². The maximum absolute atomic E-state index is 10.6. The van der Waals surface area contributed by atoms with Gasteiger partial charge in [0.05, 0.1) is 5.75 Å². The van der Waals surface area contributed by atoms with Gasteiger partial charge in [0.1, 0.15) is 0 Å². The van der Waals surface area contributed by atoms with Crippen molar-refractivity contribution in [2.24, 2.45) is 5.92 Å². The highest BCUT2D eigenvalue weighted by Crippen LogP contribution is 2.18. The predicted molar refractivity (Wildman–Crippen MR) is 75.4 cm³/mol. The molecule has 0 bridgehead atoms. The Morgan fingerprint density at radius 1 is 1.47 bits per heavy atom. The average Bonchev–Trinajstić information content (AvgIpc) is 2.98. The summed E-state index contributed by atoms with van der Waals surface area (Å²) >= 11 is 1.29. The first kappa shape index (κ1) is 14.4. The van der Waals surface area contributed by atoms with E-state index in [9.17, 15) is 4.79 Å². The monoisotopic (exact) mass is 283 g/mol. The fourth-order valence-electron chi connectivity index (χ4n) is 2.50. The van der Waals surface area contributed by atoms with Gasteiger partial charge in [-0.2, -0.15) is 0 Å². The van der Waals surface area contributed by atoms with Crippen LogP contribution in [0.25, 0.3) is 0 Å². The van der Waals surface area contributed by atoms with E-state index in [1.807, 2.05) is 6.20 Å². The van der Waals surface area contributed by atoms with E-state index in [1.54, 1.807) is 6.20 Å². The number of rotatable bonds is 7. The highest BCUT2D eigenvalue weighted by atomic mass is 32.2. The lowest BCUT2D eigenvalue weighted by atomic mass is 10.1. The molecule has 0 amide bonds. The molecule has 1 aliphatic rings. The van der Waals surface area contributed by atoms with Crippen LogP contribution in [0.4, 0.5) is 0 Å². The SMILES string of the molecule is CC(CN1CCCC1)Cn1ccnc1SCC(=O)O. The number of carboxylic acids is 1. The van der Waals surface area contributed by atoms with Gasteiger partial charge in [-0.25, -0.2) is 4.98 Å². The summed E-state index contributed by atoms with van der Waals surface area (Å²) in [4.78, 5) is 17.3. The summed E-state index contributed by atoms with van der Waals surface area (Å²) in [5.41, 5.74) is 0. The molecule has 1 aromatic rings. The van der Waals surface area contributed by atoms with Crippen LogP contribution in [-0.4, -0.2) is 50.9 Å². The lowest BCUT2D eigenvalue weighted by Crippen LogP contribution is -2.27. The number of hydrogen-bond acceptors (Lipinski definition) is 4. The quantitative estimate of drug-likeness (QED) is 0.773. The Hall–Kier alpha value is -1.01. The summed E-state index contributed by atoms with van der Waals surface area (Å²) in [7, 11) is 0. The highest BCUT2D eigenvalue weighted by Gasteiger charge is 2.16. The zero-order valence-electron chi connectivity index (χ0n) is 11.3. The largest absolute Gasteiger partial charge is 0.481 e. The second kappa shape index (κ2) is 6.96. The molecule has 1 fully saturated rings. The van der Waals surface area contributed by atoms with Crippen molar-refractivity contribution in [3.05, 3.63) is 12.4 Å². The molecule has 19 heavy (non-hydrogen) atoms. The average molecular weight is 283 g/mol. The van der Waals surface area contributed by atoms with Gasteiger partial charge in [0.15, 0.2) is 5.16 Å². The Morgan fingerprint density at radius 2 is 2.21 bits per heavy atom. The van der Waals surface area contributed by atoms with Gasteiger partial charge in [0.25, 0.3) is 0 Å². The summed E-state index contributed by atoms with van der Waals surface area (Å²) < 4.78 is 2.06. The number of likely N-dealkylation sites (tertiary alicyclic amines) is 1. The number of imidazole rings is 1. The lowest BCUT2D eigenvalue weighted by molar-refractivity contribution is -0.133. The molecular formula is C13H21N3O2S. The van der Waals surface area contributed by atoms with Gasteiger partial charge in [-0.1, -0.05) is 18.7 Å². The van der Waals surface area contributed by atoms with Gasteiger partial charge < -0.3 is 14.6 Å². The second-order valence-electron chi connectivity index (χ2n) is 5.16. The molecule has 1 N–H and O–H groups in total. The third-order valence-electron chi connectivity index (χ3n) is 3.28. The van der Waals surface area contributed by atoms with Crippen LogP contribution in [0.2, 0.25) is 0 Å². The Morgan fingerprint density at radius 3 is 2.89 bits per heavy atom. The van der Waals surface area contributed by atoms with Crippen molar-refractivity contribution in [3.8, 4) is 0 Å². The van der Waals surface area contributed by atoms with E-state index < -0.39 is 5.97 Å². The molecule has 5 nitrogen and oxygen atoms in total. The number of thioether (sulfide) groups is 1. The van der Waals surface area contributed by atoms with Crippen LogP contribution in [0.1, 0.15) is 19.8 Å². The van der Waals surface area contributed by atoms with Crippen molar-refractivity contribution in [2.45, 2.75) is 31.5 Å². The number of nitrogens with zero attached hydrogens (tertiary/aromatic N) is 3. The van der Waals surface area contributed by atoms with Crippen LogP contribution >= 0.6 is 11.8 Å². The van der Waals surface area contributed by atoms with Gasteiger partial charge >= 0.3 is 5.97 Å². The minimum absolute atomic E-state index is 0.0670. The number of hydrogen-bond donors (Lipinski definition) is 1. The van der Waals surface area contributed by atoms with Crippen molar-refractivity contribution in [1.82, 2.24) is 14.5 Å². The molecule has 1 aliphatic heterocycles. The summed E-state index contributed by atoms with van der Waals surface area (Å²) in [6, 6.07) is 0. The van der Waals surface area contributed by atoms with Crippen molar-refractivity contribution < 1.29 is 9.90 Å². The number of aromatic nitrogens is 2. The molecule has 2 heterocycles. The molecule has 1 atom stereocenters. The van der Waals surface area contributed by atoms with Crippen molar-refractivity contribution in [2.75, 3.05) is 25.4 Å². The first-order chi connectivity index (χ1) is 9.15. The molecule has 0 aliphatic carbocycles. The lowest BCUT2D eigenvalue weighted by Gasteiger charge is -2.21. The molecule has 1 unspecified atom stereocenters. The van der Waals surface area contributed by atoms with Gasteiger partial charge in [-0.3, -0.25) is 4.79 Å². The second-order valence-corrected chi connectivity index (χ2v) is 6.10.